The zero-order valence-corrected chi connectivity index (χ0v) is 9.61. The molecule has 15 heavy (non-hydrogen) atoms. The normalized spacial score (nSPS) is 54.6. The Kier molecular flexibility index (Phi) is 1.67. The lowest BCUT2D eigenvalue weighted by Gasteiger charge is -2.35. The summed E-state index contributed by atoms with van der Waals surface area (Å²) < 4.78 is 6.21. The molecule has 1 aliphatic carbocycles. The van der Waals surface area contributed by atoms with Gasteiger partial charge in [-0.1, -0.05) is 12.8 Å². The van der Waals surface area contributed by atoms with Crippen LogP contribution in [0.4, 0.5) is 0 Å². The summed E-state index contributed by atoms with van der Waals surface area (Å²) in [5.74, 6) is 0.916. The van der Waals surface area contributed by atoms with Gasteiger partial charge in [-0.15, -0.1) is 0 Å². The molecule has 4 fully saturated rings. The van der Waals surface area contributed by atoms with Crippen molar-refractivity contribution in [2.75, 3.05) is 7.05 Å². The fraction of sp³-hybridized carbons (Fsp3) is 1.00. The molecular formula is C13H21NO. The molecule has 0 amide bonds. The highest BCUT2D eigenvalue weighted by molar-refractivity contribution is 5.20. The van der Waals surface area contributed by atoms with Crippen LogP contribution in [0.25, 0.3) is 0 Å². The van der Waals surface area contributed by atoms with Crippen LogP contribution in [0.3, 0.4) is 0 Å². The quantitative estimate of drug-likeness (QED) is 0.613. The summed E-state index contributed by atoms with van der Waals surface area (Å²) in [4.78, 5) is 2.60. The van der Waals surface area contributed by atoms with Crippen LogP contribution in [0.15, 0.2) is 0 Å². The Balaban J connectivity index is 1.62. The molecule has 4 unspecified atom stereocenters. The zero-order chi connectivity index (χ0) is 10.0. The molecule has 4 aliphatic rings. The number of hydrogen-bond donors (Lipinski definition) is 0. The molecule has 1 saturated carbocycles. The van der Waals surface area contributed by atoms with Crippen LogP contribution in [0.5, 0.6) is 0 Å². The van der Waals surface area contributed by atoms with Crippen LogP contribution in [0.1, 0.15) is 44.9 Å². The van der Waals surface area contributed by atoms with E-state index in [1.807, 2.05) is 0 Å². The maximum atomic E-state index is 6.21. The van der Waals surface area contributed by atoms with E-state index in [-0.39, 0.29) is 0 Å². The Hall–Kier alpha value is -0.0800. The second-order valence-corrected chi connectivity index (χ2v) is 6.14. The first kappa shape index (κ1) is 9.00. The van der Waals surface area contributed by atoms with Crippen molar-refractivity contribution >= 4 is 0 Å². The van der Waals surface area contributed by atoms with Crippen LogP contribution in [0.2, 0.25) is 0 Å². The smallest absolute Gasteiger partial charge is 0.103 e. The van der Waals surface area contributed by atoms with Gasteiger partial charge in [0.1, 0.15) is 11.7 Å². The van der Waals surface area contributed by atoms with Crippen LogP contribution in [-0.2, 0) is 4.74 Å². The van der Waals surface area contributed by atoms with Gasteiger partial charge in [0.15, 0.2) is 0 Å². The molecule has 0 aromatic rings. The summed E-state index contributed by atoms with van der Waals surface area (Å²) in [7, 11) is 2.31. The van der Waals surface area contributed by atoms with Crippen molar-refractivity contribution < 1.29 is 4.74 Å². The SMILES string of the molecule is CN1C2CCC1C1OC1(C1CCCC1)C2. The number of rotatable bonds is 1. The van der Waals surface area contributed by atoms with Gasteiger partial charge >= 0.3 is 0 Å². The minimum Gasteiger partial charge on any atom is -0.364 e. The van der Waals surface area contributed by atoms with Crippen molar-refractivity contribution in [2.24, 2.45) is 5.92 Å². The highest BCUT2D eigenvalue weighted by Gasteiger charge is 2.69. The van der Waals surface area contributed by atoms with Crippen molar-refractivity contribution in [3.63, 3.8) is 0 Å². The van der Waals surface area contributed by atoms with E-state index >= 15 is 0 Å². The van der Waals surface area contributed by atoms with E-state index in [0.717, 1.165) is 18.0 Å². The van der Waals surface area contributed by atoms with Gasteiger partial charge in [-0.2, -0.15) is 0 Å². The summed E-state index contributed by atoms with van der Waals surface area (Å²) in [5.41, 5.74) is 0.370. The maximum absolute atomic E-state index is 6.21. The van der Waals surface area contributed by atoms with E-state index in [1.54, 1.807) is 0 Å². The second kappa shape index (κ2) is 2.78. The van der Waals surface area contributed by atoms with Gasteiger partial charge in [0.2, 0.25) is 0 Å². The van der Waals surface area contributed by atoms with Crippen LogP contribution in [0, 0.1) is 5.92 Å². The topological polar surface area (TPSA) is 15.8 Å². The molecule has 84 valence electrons. The average Bonchev–Trinajstić information content (AvgIpc) is 2.58. The van der Waals surface area contributed by atoms with Crippen molar-refractivity contribution in [2.45, 2.75) is 68.7 Å². The van der Waals surface area contributed by atoms with Crippen molar-refractivity contribution in [3.05, 3.63) is 0 Å². The number of nitrogens with zero attached hydrogens (tertiary/aromatic N) is 1. The molecule has 0 spiro atoms. The lowest BCUT2D eigenvalue weighted by atomic mass is 9.79. The number of ether oxygens (including phenoxy) is 1. The van der Waals surface area contributed by atoms with E-state index in [2.05, 4.69) is 11.9 Å². The molecule has 0 N–H and O–H groups in total. The molecule has 0 radical (unpaired) electrons. The van der Waals surface area contributed by atoms with Crippen molar-refractivity contribution in [3.8, 4) is 0 Å². The fourth-order valence-corrected chi connectivity index (χ4v) is 4.70. The molecule has 0 aromatic carbocycles. The highest BCUT2D eigenvalue weighted by Crippen LogP contribution is 2.60. The average molecular weight is 207 g/mol. The van der Waals surface area contributed by atoms with Gasteiger partial charge in [0.05, 0.1) is 0 Å². The molecule has 3 heterocycles. The molecule has 0 aromatic heterocycles. The van der Waals surface area contributed by atoms with Gasteiger partial charge in [-0.3, -0.25) is 4.90 Å². The predicted molar refractivity (Wildman–Crippen MR) is 58.8 cm³/mol. The summed E-state index contributed by atoms with van der Waals surface area (Å²) in [6, 6.07) is 1.61. The van der Waals surface area contributed by atoms with Gasteiger partial charge in [-0.25, -0.2) is 0 Å². The van der Waals surface area contributed by atoms with Crippen LogP contribution < -0.4 is 0 Å². The Morgan fingerprint density at radius 2 is 1.93 bits per heavy atom. The maximum Gasteiger partial charge on any atom is 0.103 e. The first-order valence-electron chi connectivity index (χ1n) is 6.71. The molecular weight excluding hydrogens is 186 g/mol. The predicted octanol–water partition coefficient (Wildman–Crippen LogP) is 2.18. The van der Waals surface area contributed by atoms with E-state index in [1.165, 1.54) is 44.9 Å². The zero-order valence-electron chi connectivity index (χ0n) is 9.61. The largest absolute Gasteiger partial charge is 0.364 e. The lowest BCUT2D eigenvalue weighted by molar-refractivity contribution is 0.143. The van der Waals surface area contributed by atoms with Crippen molar-refractivity contribution in [1.29, 1.82) is 0 Å². The molecule has 2 nitrogen and oxygen atoms in total. The van der Waals surface area contributed by atoms with E-state index in [9.17, 15) is 0 Å². The van der Waals surface area contributed by atoms with Gasteiger partial charge < -0.3 is 4.74 Å². The van der Waals surface area contributed by atoms with Gasteiger partial charge in [0, 0.05) is 12.1 Å². The minimum atomic E-state index is 0.370. The van der Waals surface area contributed by atoms with Crippen LogP contribution in [-0.4, -0.2) is 35.7 Å². The first-order valence-corrected chi connectivity index (χ1v) is 6.71. The van der Waals surface area contributed by atoms with Gasteiger partial charge in [-0.05, 0) is 45.1 Å². The number of piperidine rings is 1. The van der Waals surface area contributed by atoms with E-state index < -0.39 is 0 Å². The number of epoxide rings is 1. The fourth-order valence-electron chi connectivity index (χ4n) is 4.70. The standard InChI is InChI=1S/C13H21NO/c1-14-10-6-7-11(14)12-13(8-10,15-12)9-4-2-3-5-9/h9-12H,2-8H2,1H3. The van der Waals surface area contributed by atoms with Crippen molar-refractivity contribution in [1.82, 2.24) is 4.90 Å². The molecule has 4 atom stereocenters. The second-order valence-electron chi connectivity index (χ2n) is 6.14. The molecule has 3 saturated heterocycles. The Morgan fingerprint density at radius 3 is 2.73 bits per heavy atom. The molecule has 2 bridgehead atoms. The Labute approximate surface area is 92.0 Å². The number of likely N-dealkylation sites (N-methyl/N-ethyl adjacent to an activating group) is 1. The minimum absolute atomic E-state index is 0.370. The molecule has 3 aliphatic heterocycles. The van der Waals surface area contributed by atoms with E-state index in [4.69, 9.17) is 4.74 Å². The van der Waals surface area contributed by atoms with E-state index in [0.29, 0.717) is 11.7 Å². The Morgan fingerprint density at radius 1 is 1.13 bits per heavy atom. The Bertz CT molecular complexity index is 286. The third kappa shape index (κ3) is 1.03. The summed E-state index contributed by atoms with van der Waals surface area (Å²) in [5, 5.41) is 0. The van der Waals surface area contributed by atoms with Crippen LogP contribution >= 0.6 is 0 Å². The number of fused-ring (bicyclic) bond motifs is 4. The summed E-state index contributed by atoms with van der Waals surface area (Å²) in [6.45, 7) is 0. The monoisotopic (exact) mass is 207 g/mol. The molecule has 4 rings (SSSR count). The first-order chi connectivity index (χ1) is 7.31. The third-order valence-electron chi connectivity index (χ3n) is 5.62. The lowest BCUT2D eigenvalue weighted by Crippen LogP contribution is -2.47. The number of hydrogen-bond acceptors (Lipinski definition) is 2. The van der Waals surface area contributed by atoms with Gasteiger partial charge in [0.25, 0.3) is 0 Å². The summed E-state index contributed by atoms with van der Waals surface area (Å²) in [6.07, 6.45) is 10.6. The molecule has 2 heteroatoms. The third-order valence-corrected chi connectivity index (χ3v) is 5.62. The summed E-state index contributed by atoms with van der Waals surface area (Å²) >= 11 is 0. The highest BCUT2D eigenvalue weighted by atomic mass is 16.6.